The summed E-state index contributed by atoms with van der Waals surface area (Å²) in [6, 6.07) is 7.64. The van der Waals surface area contributed by atoms with Gasteiger partial charge >= 0.3 is 0 Å². The third kappa shape index (κ3) is 4.25. The molecular weight excluding hydrogens is 368 g/mol. The van der Waals surface area contributed by atoms with Crippen molar-refractivity contribution in [2.24, 2.45) is 5.92 Å². The van der Waals surface area contributed by atoms with Gasteiger partial charge in [-0.2, -0.15) is 0 Å². The van der Waals surface area contributed by atoms with Gasteiger partial charge < -0.3 is 4.74 Å². The second-order valence-corrected chi connectivity index (χ2v) is 8.28. The van der Waals surface area contributed by atoms with E-state index in [0.29, 0.717) is 21.6 Å². The van der Waals surface area contributed by atoms with Crippen LogP contribution in [0.1, 0.15) is 34.2 Å². The van der Waals surface area contributed by atoms with Crippen LogP contribution < -0.4 is 10.1 Å². The standard InChI is InChI=1S/C18H20N4O2S2/c1-10(2)8-14-21-22-18(25-14)20-16(23)15-11(3)19-17(26-15)12-6-5-7-13(9-12)24-4/h5-7,9-10H,8H2,1-4H3,(H,20,22,23). The Morgan fingerprint density at radius 2 is 2.08 bits per heavy atom. The lowest BCUT2D eigenvalue weighted by molar-refractivity contribution is 0.102. The maximum absolute atomic E-state index is 12.6. The minimum Gasteiger partial charge on any atom is -0.497 e. The highest BCUT2D eigenvalue weighted by atomic mass is 32.1. The first kappa shape index (κ1) is 18.5. The predicted molar refractivity (Wildman–Crippen MR) is 105 cm³/mol. The van der Waals surface area contributed by atoms with Crippen molar-refractivity contribution in [2.75, 3.05) is 12.4 Å². The van der Waals surface area contributed by atoms with Crippen LogP contribution in [0.25, 0.3) is 10.6 Å². The molecule has 3 aromatic rings. The van der Waals surface area contributed by atoms with Crippen molar-refractivity contribution in [3.8, 4) is 16.3 Å². The monoisotopic (exact) mass is 388 g/mol. The number of aryl methyl sites for hydroxylation is 1. The molecule has 1 amide bonds. The topological polar surface area (TPSA) is 77.0 Å². The van der Waals surface area contributed by atoms with Gasteiger partial charge in [-0.1, -0.05) is 37.3 Å². The average molecular weight is 389 g/mol. The molecular formula is C18H20N4O2S2. The number of hydrogen-bond acceptors (Lipinski definition) is 7. The fourth-order valence-electron chi connectivity index (χ4n) is 2.38. The SMILES string of the molecule is COc1cccc(-c2nc(C)c(C(=O)Nc3nnc(CC(C)C)s3)s2)c1. The predicted octanol–water partition coefficient (Wildman–Crippen LogP) is 4.43. The van der Waals surface area contributed by atoms with Crippen LogP contribution in [0.5, 0.6) is 5.75 Å². The van der Waals surface area contributed by atoms with Crippen LogP contribution in [-0.4, -0.2) is 28.2 Å². The number of nitrogens with zero attached hydrogens (tertiary/aromatic N) is 3. The molecule has 0 aliphatic rings. The van der Waals surface area contributed by atoms with Gasteiger partial charge in [0.1, 0.15) is 20.6 Å². The first-order valence-corrected chi connectivity index (χ1v) is 9.85. The lowest BCUT2D eigenvalue weighted by atomic mass is 10.1. The van der Waals surface area contributed by atoms with Crippen LogP contribution in [0.15, 0.2) is 24.3 Å². The molecule has 0 aliphatic carbocycles. The molecule has 2 aromatic heterocycles. The number of hydrogen-bond donors (Lipinski definition) is 1. The highest BCUT2D eigenvalue weighted by molar-refractivity contribution is 7.17. The van der Waals surface area contributed by atoms with Gasteiger partial charge in [-0.25, -0.2) is 4.98 Å². The molecule has 0 fully saturated rings. The van der Waals surface area contributed by atoms with E-state index in [0.717, 1.165) is 27.7 Å². The van der Waals surface area contributed by atoms with E-state index in [1.54, 1.807) is 7.11 Å². The van der Waals surface area contributed by atoms with Gasteiger partial charge in [0.05, 0.1) is 12.8 Å². The van der Waals surface area contributed by atoms with Crippen molar-refractivity contribution >= 4 is 33.7 Å². The quantitative estimate of drug-likeness (QED) is 0.676. The smallest absolute Gasteiger partial charge is 0.269 e. The third-order valence-electron chi connectivity index (χ3n) is 3.59. The molecule has 2 heterocycles. The van der Waals surface area contributed by atoms with E-state index < -0.39 is 0 Å². The minimum atomic E-state index is -0.207. The number of carbonyl (C=O) groups is 1. The molecule has 0 radical (unpaired) electrons. The summed E-state index contributed by atoms with van der Waals surface area (Å²) < 4.78 is 5.25. The second-order valence-electron chi connectivity index (χ2n) is 6.22. The Labute approximate surface area is 160 Å². The normalized spacial score (nSPS) is 11.0. The van der Waals surface area contributed by atoms with Crippen LogP contribution in [-0.2, 0) is 6.42 Å². The molecule has 0 atom stereocenters. The van der Waals surface area contributed by atoms with Gasteiger partial charge in [0.2, 0.25) is 5.13 Å². The zero-order chi connectivity index (χ0) is 18.7. The zero-order valence-electron chi connectivity index (χ0n) is 15.1. The molecule has 0 bridgehead atoms. The van der Waals surface area contributed by atoms with Crippen molar-refractivity contribution < 1.29 is 9.53 Å². The molecule has 0 saturated heterocycles. The first-order chi connectivity index (χ1) is 12.5. The van der Waals surface area contributed by atoms with Crippen molar-refractivity contribution in [1.29, 1.82) is 0 Å². The molecule has 1 aromatic carbocycles. The molecule has 136 valence electrons. The molecule has 6 nitrogen and oxygen atoms in total. The van der Waals surface area contributed by atoms with E-state index in [1.807, 2.05) is 31.2 Å². The number of carbonyl (C=O) groups excluding carboxylic acids is 1. The van der Waals surface area contributed by atoms with Crippen LogP contribution >= 0.6 is 22.7 Å². The number of thiazole rings is 1. The summed E-state index contributed by atoms with van der Waals surface area (Å²) in [5.41, 5.74) is 1.61. The van der Waals surface area contributed by atoms with Gasteiger partial charge in [-0.15, -0.1) is 21.5 Å². The largest absolute Gasteiger partial charge is 0.497 e. The summed E-state index contributed by atoms with van der Waals surface area (Å²) in [6.07, 6.45) is 0.854. The van der Waals surface area contributed by atoms with Gasteiger partial charge in [0.15, 0.2) is 0 Å². The Morgan fingerprint density at radius 3 is 2.81 bits per heavy atom. The number of amides is 1. The van der Waals surface area contributed by atoms with E-state index >= 15 is 0 Å². The Kier molecular flexibility index (Phi) is 5.63. The Balaban J connectivity index is 1.77. The Morgan fingerprint density at radius 1 is 1.27 bits per heavy atom. The first-order valence-electron chi connectivity index (χ1n) is 8.22. The number of aromatic nitrogens is 3. The Bertz CT molecular complexity index is 918. The minimum absolute atomic E-state index is 0.207. The number of benzene rings is 1. The molecule has 1 N–H and O–H groups in total. The fourth-order valence-corrected chi connectivity index (χ4v) is 4.28. The maximum atomic E-state index is 12.6. The second kappa shape index (κ2) is 7.92. The van der Waals surface area contributed by atoms with E-state index in [1.165, 1.54) is 22.7 Å². The maximum Gasteiger partial charge on any atom is 0.269 e. The molecule has 8 heteroatoms. The molecule has 0 aliphatic heterocycles. The van der Waals surface area contributed by atoms with Crippen molar-refractivity contribution in [3.05, 3.63) is 39.8 Å². The highest BCUT2D eigenvalue weighted by Crippen LogP contribution is 2.30. The third-order valence-corrected chi connectivity index (χ3v) is 5.66. The summed E-state index contributed by atoms with van der Waals surface area (Å²) in [7, 11) is 1.63. The molecule has 3 rings (SSSR count). The van der Waals surface area contributed by atoms with Crippen LogP contribution in [0.4, 0.5) is 5.13 Å². The lowest BCUT2D eigenvalue weighted by Crippen LogP contribution is -2.11. The number of anilines is 1. The van der Waals surface area contributed by atoms with Crippen molar-refractivity contribution in [1.82, 2.24) is 15.2 Å². The van der Waals surface area contributed by atoms with Crippen LogP contribution in [0, 0.1) is 12.8 Å². The molecule has 26 heavy (non-hydrogen) atoms. The summed E-state index contributed by atoms with van der Waals surface area (Å²) >= 11 is 2.77. The molecule has 0 unspecified atom stereocenters. The van der Waals surface area contributed by atoms with E-state index in [9.17, 15) is 4.79 Å². The summed E-state index contributed by atoms with van der Waals surface area (Å²) in [6.45, 7) is 6.08. The van der Waals surface area contributed by atoms with Crippen molar-refractivity contribution in [3.63, 3.8) is 0 Å². The van der Waals surface area contributed by atoms with Gasteiger partial charge in [-0.3, -0.25) is 10.1 Å². The van der Waals surface area contributed by atoms with Crippen LogP contribution in [0.2, 0.25) is 0 Å². The zero-order valence-corrected chi connectivity index (χ0v) is 16.7. The van der Waals surface area contributed by atoms with Crippen LogP contribution in [0.3, 0.4) is 0 Å². The highest BCUT2D eigenvalue weighted by Gasteiger charge is 2.18. The summed E-state index contributed by atoms with van der Waals surface area (Å²) in [5.74, 6) is 1.05. The molecule has 0 spiro atoms. The van der Waals surface area contributed by atoms with E-state index in [2.05, 4.69) is 34.3 Å². The number of methoxy groups -OCH3 is 1. The average Bonchev–Trinajstić information content (AvgIpc) is 3.20. The number of rotatable bonds is 6. The fraction of sp³-hybridized carbons (Fsp3) is 0.333. The summed E-state index contributed by atoms with van der Waals surface area (Å²) in [5, 5.41) is 13.2. The van der Waals surface area contributed by atoms with E-state index in [4.69, 9.17) is 4.74 Å². The van der Waals surface area contributed by atoms with E-state index in [-0.39, 0.29) is 5.91 Å². The summed E-state index contributed by atoms with van der Waals surface area (Å²) in [4.78, 5) is 17.7. The molecule has 0 saturated carbocycles. The number of ether oxygens (including phenoxy) is 1. The number of nitrogens with one attached hydrogen (secondary N) is 1. The Hall–Kier alpha value is -2.32. The van der Waals surface area contributed by atoms with Gasteiger partial charge in [-0.05, 0) is 25.0 Å². The van der Waals surface area contributed by atoms with Gasteiger partial charge in [0, 0.05) is 12.0 Å². The van der Waals surface area contributed by atoms with Gasteiger partial charge in [0.25, 0.3) is 5.91 Å². The lowest BCUT2D eigenvalue weighted by Gasteiger charge is -2.01. The van der Waals surface area contributed by atoms with Crippen molar-refractivity contribution in [2.45, 2.75) is 27.2 Å².